The molecule has 0 bridgehead atoms. The fraction of sp³-hybridized carbons (Fsp3) is 0.286. The summed E-state index contributed by atoms with van der Waals surface area (Å²) in [6.45, 7) is 9.25. The molecule has 0 aromatic heterocycles. The van der Waals surface area contributed by atoms with Crippen LogP contribution in [-0.2, 0) is 0 Å². The third kappa shape index (κ3) is 2.12. The lowest BCUT2D eigenvalue weighted by atomic mass is 9.95. The largest absolute Gasteiger partial charge is 0.384 e. The molecule has 0 atom stereocenters. The Balaban J connectivity index is 2.28. The molecule has 1 heterocycles. The minimum atomic E-state index is 0.270. The number of hydrogen-bond donors (Lipinski definition) is 1. The summed E-state index contributed by atoms with van der Waals surface area (Å²) in [5, 5.41) is 3.44. The molecule has 0 fully saturated rings. The molecule has 1 aromatic rings. The zero-order valence-electron chi connectivity index (χ0n) is 9.38. The predicted octanol–water partition coefficient (Wildman–Crippen LogP) is 3.30. The molecule has 0 saturated heterocycles. The highest BCUT2D eigenvalue weighted by Gasteiger charge is 2.22. The van der Waals surface area contributed by atoms with Gasteiger partial charge in [-0.2, -0.15) is 0 Å². The van der Waals surface area contributed by atoms with E-state index in [0.717, 1.165) is 12.1 Å². The van der Waals surface area contributed by atoms with Gasteiger partial charge in [-0.25, -0.2) is 0 Å². The smallest absolute Gasteiger partial charge is 0.0379 e. The van der Waals surface area contributed by atoms with Crippen LogP contribution in [0.5, 0.6) is 0 Å². The molecular weight excluding hydrogens is 182 g/mol. The van der Waals surface area contributed by atoms with Crippen molar-refractivity contribution in [2.45, 2.75) is 13.8 Å². The van der Waals surface area contributed by atoms with Crippen molar-refractivity contribution in [2.24, 2.45) is 5.41 Å². The number of rotatable bonds is 2. The Bertz CT molecular complexity index is 396. The number of nitrogens with one attached hydrogen (secondary N) is 1. The minimum absolute atomic E-state index is 0.270. The van der Waals surface area contributed by atoms with E-state index in [4.69, 9.17) is 0 Å². The first-order valence-electron chi connectivity index (χ1n) is 5.30. The quantitative estimate of drug-likeness (QED) is 0.770. The Labute approximate surface area is 91.5 Å². The zero-order valence-corrected chi connectivity index (χ0v) is 9.38. The lowest BCUT2D eigenvalue weighted by molar-refractivity contribution is 0.497. The van der Waals surface area contributed by atoms with Crippen molar-refractivity contribution >= 4 is 11.8 Å². The molecule has 1 aromatic carbocycles. The monoisotopic (exact) mass is 199 g/mol. The van der Waals surface area contributed by atoms with Crippen molar-refractivity contribution < 1.29 is 0 Å². The van der Waals surface area contributed by atoms with Crippen LogP contribution < -0.4 is 5.32 Å². The topological polar surface area (TPSA) is 12.0 Å². The van der Waals surface area contributed by atoms with E-state index in [2.05, 4.69) is 56.1 Å². The van der Waals surface area contributed by atoms with Crippen LogP contribution in [0.2, 0.25) is 0 Å². The first kappa shape index (κ1) is 10.0. The van der Waals surface area contributed by atoms with Crippen LogP contribution in [0.4, 0.5) is 0 Å². The second-order valence-electron chi connectivity index (χ2n) is 4.73. The van der Waals surface area contributed by atoms with Crippen molar-refractivity contribution in [2.75, 3.05) is 6.54 Å². The highest BCUT2D eigenvalue weighted by Crippen LogP contribution is 2.28. The average Bonchev–Trinajstić information content (AvgIpc) is 2.59. The van der Waals surface area contributed by atoms with Crippen LogP contribution in [0.15, 0.2) is 36.9 Å². The fourth-order valence-corrected chi connectivity index (χ4v) is 1.80. The van der Waals surface area contributed by atoms with Gasteiger partial charge in [0, 0.05) is 17.7 Å². The third-order valence-corrected chi connectivity index (χ3v) is 2.73. The van der Waals surface area contributed by atoms with Crippen LogP contribution in [0.25, 0.3) is 11.8 Å². The molecule has 1 N–H and O–H groups in total. The van der Waals surface area contributed by atoms with E-state index < -0.39 is 0 Å². The molecule has 1 heteroatoms. The van der Waals surface area contributed by atoms with Gasteiger partial charge in [0.05, 0.1) is 0 Å². The summed E-state index contributed by atoms with van der Waals surface area (Å²) in [6, 6.07) is 8.46. The van der Waals surface area contributed by atoms with E-state index in [9.17, 15) is 0 Å². The molecule has 0 saturated carbocycles. The first-order valence-corrected chi connectivity index (χ1v) is 5.30. The molecule has 0 aliphatic carbocycles. The molecule has 15 heavy (non-hydrogen) atoms. The van der Waals surface area contributed by atoms with Crippen LogP contribution in [0, 0.1) is 5.41 Å². The molecular formula is C14H17N. The van der Waals surface area contributed by atoms with Gasteiger partial charge in [0.25, 0.3) is 0 Å². The van der Waals surface area contributed by atoms with E-state index in [-0.39, 0.29) is 5.41 Å². The summed E-state index contributed by atoms with van der Waals surface area (Å²) in [5.41, 5.74) is 3.94. The molecule has 0 radical (unpaired) electrons. The molecule has 0 unspecified atom stereocenters. The predicted molar refractivity (Wildman–Crippen MR) is 66.3 cm³/mol. The molecule has 0 spiro atoms. The summed E-state index contributed by atoms with van der Waals surface area (Å²) < 4.78 is 0. The lowest BCUT2D eigenvalue weighted by Crippen LogP contribution is -2.17. The second-order valence-corrected chi connectivity index (χ2v) is 4.73. The number of benzene rings is 1. The van der Waals surface area contributed by atoms with Crippen molar-refractivity contribution in [1.82, 2.24) is 5.32 Å². The van der Waals surface area contributed by atoms with Gasteiger partial charge in [0.1, 0.15) is 0 Å². The summed E-state index contributed by atoms with van der Waals surface area (Å²) >= 11 is 0. The molecule has 2 rings (SSSR count). The highest BCUT2D eigenvalue weighted by molar-refractivity contribution is 5.67. The summed E-state index contributed by atoms with van der Waals surface area (Å²) in [5.74, 6) is 0. The standard InChI is InChI=1S/C14H17N/c1-4-11-5-7-12(8-6-11)13-9-14(2,3)10-15-13/h4-9,15H,1,10H2,2-3H3. The van der Waals surface area contributed by atoms with Crippen molar-refractivity contribution in [3.05, 3.63) is 48.0 Å². The Morgan fingerprint density at radius 1 is 1.27 bits per heavy atom. The first-order chi connectivity index (χ1) is 7.11. The van der Waals surface area contributed by atoms with Crippen molar-refractivity contribution in [3.63, 3.8) is 0 Å². The lowest BCUT2D eigenvalue weighted by Gasteiger charge is -2.11. The van der Waals surface area contributed by atoms with E-state index in [1.165, 1.54) is 11.3 Å². The Hall–Kier alpha value is -1.50. The maximum Gasteiger partial charge on any atom is 0.0379 e. The third-order valence-electron chi connectivity index (χ3n) is 2.73. The van der Waals surface area contributed by atoms with Gasteiger partial charge in [-0.1, -0.05) is 56.8 Å². The highest BCUT2D eigenvalue weighted by atomic mass is 14.9. The Kier molecular flexibility index (Phi) is 2.39. The molecule has 1 aliphatic rings. The molecule has 78 valence electrons. The summed E-state index contributed by atoms with van der Waals surface area (Å²) in [4.78, 5) is 0. The second kappa shape index (κ2) is 3.58. The van der Waals surface area contributed by atoms with Crippen LogP contribution in [-0.4, -0.2) is 6.54 Å². The zero-order chi connectivity index (χ0) is 10.9. The Morgan fingerprint density at radius 3 is 2.40 bits per heavy atom. The summed E-state index contributed by atoms with van der Waals surface area (Å²) in [7, 11) is 0. The van der Waals surface area contributed by atoms with Gasteiger partial charge >= 0.3 is 0 Å². The normalized spacial score (nSPS) is 18.1. The van der Waals surface area contributed by atoms with E-state index >= 15 is 0 Å². The van der Waals surface area contributed by atoms with E-state index in [1.54, 1.807) is 0 Å². The van der Waals surface area contributed by atoms with Crippen LogP contribution in [0.1, 0.15) is 25.0 Å². The van der Waals surface area contributed by atoms with Gasteiger partial charge in [-0.3, -0.25) is 0 Å². The van der Waals surface area contributed by atoms with E-state index in [0.29, 0.717) is 0 Å². The maximum atomic E-state index is 3.75. The van der Waals surface area contributed by atoms with Crippen molar-refractivity contribution in [1.29, 1.82) is 0 Å². The molecule has 0 amide bonds. The van der Waals surface area contributed by atoms with Gasteiger partial charge < -0.3 is 5.32 Å². The average molecular weight is 199 g/mol. The SMILES string of the molecule is C=Cc1ccc(C2=CC(C)(C)CN2)cc1. The fourth-order valence-electron chi connectivity index (χ4n) is 1.80. The Morgan fingerprint density at radius 2 is 1.93 bits per heavy atom. The van der Waals surface area contributed by atoms with Gasteiger partial charge in [0.2, 0.25) is 0 Å². The van der Waals surface area contributed by atoms with Crippen molar-refractivity contribution in [3.8, 4) is 0 Å². The van der Waals surface area contributed by atoms with Crippen LogP contribution >= 0.6 is 0 Å². The molecule has 1 nitrogen and oxygen atoms in total. The molecule has 1 aliphatic heterocycles. The summed E-state index contributed by atoms with van der Waals surface area (Å²) in [6.07, 6.45) is 4.17. The maximum absolute atomic E-state index is 3.75. The van der Waals surface area contributed by atoms with Gasteiger partial charge in [-0.15, -0.1) is 0 Å². The van der Waals surface area contributed by atoms with Crippen LogP contribution in [0.3, 0.4) is 0 Å². The van der Waals surface area contributed by atoms with Gasteiger partial charge in [-0.05, 0) is 11.1 Å². The number of hydrogen-bond acceptors (Lipinski definition) is 1. The minimum Gasteiger partial charge on any atom is -0.384 e. The van der Waals surface area contributed by atoms with Gasteiger partial charge in [0.15, 0.2) is 0 Å². The van der Waals surface area contributed by atoms with E-state index in [1.807, 2.05) is 6.08 Å².